The maximum atomic E-state index is 5.42. The van der Waals surface area contributed by atoms with Crippen molar-refractivity contribution in [3.05, 3.63) is 18.0 Å². The maximum Gasteiger partial charge on any atom is 0.0701 e. The van der Waals surface area contributed by atoms with Crippen LogP contribution in [0.15, 0.2) is 12.4 Å². The molecule has 1 atom stereocenters. The summed E-state index contributed by atoms with van der Waals surface area (Å²) in [6.07, 6.45) is 3.87. The average molecular weight is 227 g/mol. The molecule has 1 heterocycles. The second kappa shape index (κ2) is 7.38. The predicted octanol–water partition coefficient (Wildman–Crippen LogP) is 0.561. The molecule has 1 aromatic heterocycles. The second-order valence-corrected chi connectivity index (χ2v) is 3.87. The molecule has 1 rings (SSSR count). The molecule has 0 radical (unpaired) electrons. The molecule has 0 saturated heterocycles. The van der Waals surface area contributed by atoms with Crippen molar-refractivity contribution in [1.82, 2.24) is 15.1 Å². The maximum absolute atomic E-state index is 5.42. The molecule has 0 aliphatic rings. The van der Waals surface area contributed by atoms with Gasteiger partial charge >= 0.3 is 0 Å². The van der Waals surface area contributed by atoms with Crippen LogP contribution in [0.25, 0.3) is 0 Å². The Kier molecular flexibility index (Phi) is 6.07. The quantitative estimate of drug-likeness (QED) is 0.659. The van der Waals surface area contributed by atoms with Crippen LogP contribution < -0.4 is 5.32 Å². The van der Waals surface area contributed by atoms with Crippen LogP contribution in [0, 0.1) is 0 Å². The molecule has 5 heteroatoms. The van der Waals surface area contributed by atoms with Crippen LogP contribution in [0.3, 0.4) is 0 Å². The standard InChI is InChI=1S/C11H21N3O2/c1-10(9-16-5-4-15-3)12-6-11-7-13-14(2)8-11/h7-8,10,12H,4-6,9H2,1-3H3. The van der Waals surface area contributed by atoms with E-state index in [1.807, 2.05) is 19.4 Å². The van der Waals surface area contributed by atoms with E-state index >= 15 is 0 Å². The van der Waals surface area contributed by atoms with Crippen LogP contribution >= 0.6 is 0 Å². The third kappa shape index (κ3) is 5.25. The van der Waals surface area contributed by atoms with E-state index < -0.39 is 0 Å². The van der Waals surface area contributed by atoms with E-state index in [9.17, 15) is 0 Å². The fraction of sp³-hybridized carbons (Fsp3) is 0.727. The van der Waals surface area contributed by atoms with Crippen molar-refractivity contribution in [3.63, 3.8) is 0 Å². The predicted molar refractivity (Wildman–Crippen MR) is 62.2 cm³/mol. The molecular formula is C11H21N3O2. The third-order valence-electron chi connectivity index (χ3n) is 2.21. The summed E-state index contributed by atoms with van der Waals surface area (Å²) in [6, 6.07) is 0.331. The van der Waals surface area contributed by atoms with Gasteiger partial charge in [-0.2, -0.15) is 5.10 Å². The van der Waals surface area contributed by atoms with Gasteiger partial charge in [-0.1, -0.05) is 0 Å². The van der Waals surface area contributed by atoms with Gasteiger partial charge in [0.2, 0.25) is 0 Å². The van der Waals surface area contributed by atoms with Crippen molar-refractivity contribution < 1.29 is 9.47 Å². The number of nitrogens with zero attached hydrogens (tertiary/aromatic N) is 2. The highest BCUT2D eigenvalue weighted by Gasteiger charge is 2.02. The number of methoxy groups -OCH3 is 1. The first kappa shape index (κ1) is 13.2. The largest absolute Gasteiger partial charge is 0.382 e. The highest BCUT2D eigenvalue weighted by atomic mass is 16.5. The van der Waals surface area contributed by atoms with Gasteiger partial charge in [0.1, 0.15) is 0 Å². The molecule has 0 spiro atoms. The summed E-state index contributed by atoms with van der Waals surface area (Å²) in [6.45, 7) is 4.92. The molecule has 0 amide bonds. The average Bonchev–Trinajstić information content (AvgIpc) is 2.68. The number of aromatic nitrogens is 2. The Labute approximate surface area is 96.7 Å². The van der Waals surface area contributed by atoms with Gasteiger partial charge in [-0.25, -0.2) is 0 Å². The van der Waals surface area contributed by atoms with Crippen LogP contribution in [0.1, 0.15) is 12.5 Å². The van der Waals surface area contributed by atoms with Crippen molar-refractivity contribution in [1.29, 1.82) is 0 Å². The van der Waals surface area contributed by atoms with Crippen molar-refractivity contribution in [3.8, 4) is 0 Å². The third-order valence-corrected chi connectivity index (χ3v) is 2.21. The van der Waals surface area contributed by atoms with Crippen molar-refractivity contribution in [2.45, 2.75) is 19.5 Å². The van der Waals surface area contributed by atoms with Crippen molar-refractivity contribution in [2.24, 2.45) is 7.05 Å². The molecule has 0 aliphatic heterocycles. The highest BCUT2D eigenvalue weighted by Crippen LogP contribution is 1.96. The highest BCUT2D eigenvalue weighted by molar-refractivity contribution is 5.02. The molecule has 0 saturated carbocycles. The number of rotatable bonds is 8. The first-order chi connectivity index (χ1) is 7.72. The molecule has 0 fully saturated rings. The lowest BCUT2D eigenvalue weighted by Gasteiger charge is -2.13. The Bertz CT molecular complexity index is 289. The van der Waals surface area contributed by atoms with E-state index in [1.165, 1.54) is 5.56 Å². The van der Waals surface area contributed by atoms with Gasteiger partial charge in [-0.3, -0.25) is 4.68 Å². The summed E-state index contributed by atoms with van der Waals surface area (Å²) in [5.74, 6) is 0. The van der Waals surface area contributed by atoms with Gasteiger partial charge in [0.25, 0.3) is 0 Å². The van der Waals surface area contributed by atoms with Crippen molar-refractivity contribution in [2.75, 3.05) is 26.9 Å². The molecule has 92 valence electrons. The van der Waals surface area contributed by atoms with Gasteiger partial charge in [0.15, 0.2) is 0 Å². The zero-order chi connectivity index (χ0) is 11.8. The SMILES string of the molecule is COCCOCC(C)NCc1cnn(C)c1. The fourth-order valence-corrected chi connectivity index (χ4v) is 1.32. The molecular weight excluding hydrogens is 206 g/mol. The fourth-order valence-electron chi connectivity index (χ4n) is 1.32. The summed E-state index contributed by atoms with van der Waals surface area (Å²) in [4.78, 5) is 0. The van der Waals surface area contributed by atoms with Crippen molar-refractivity contribution >= 4 is 0 Å². The molecule has 1 unspecified atom stereocenters. The molecule has 5 nitrogen and oxygen atoms in total. The number of hydrogen-bond acceptors (Lipinski definition) is 4. The number of aryl methyl sites for hydroxylation is 1. The Morgan fingerprint density at radius 2 is 2.31 bits per heavy atom. The monoisotopic (exact) mass is 227 g/mol. The molecule has 1 aromatic rings. The number of ether oxygens (including phenoxy) is 2. The van der Waals surface area contributed by atoms with E-state index in [4.69, 9.17) is 9.47 Å². The topological polar surface area (TPSA) is 48.3 Å². The van der Waals surface area contributed by atoms with E-state index in [2.05, 4.69) is 17.3 Å². The van der Waals surface area contributed by atoms with E-state index in [0.717, 1.165) is 6.54 Å². The lowest BCUT2D eigenvalue weighted by Crippen LogP contribution is -2.30. The molecule has 0 bridgehead atoms. The Morgan fingerprint density at radius 1 is 1.50 bits per heavy atom. The molecule has 0 aromatic carbocycles. The van der Waals surface area contributed by atoms with Crippen LogP contribution in [-0.4, -0.2) is 42.8 Å². The lowest BCUT2D eigenvalue weighted by atomic mass is 10.3. The smallest absolute Gasteiger partial charge is 0.0701 e. The first-order valence-electron chi connectivity index (χ1n) is 5.50. The lowest BCUT2D eigenvalue weighted by molar-refractivity contribution is 0.0608. The number of nitrogens with one attached hydrogen (secondary N) is 1. The van der Waals surface area contributed by atoms with E-state index in [-0.39, 0.29) is 0 Å². The summed E-state index contributed by atoms with van der Waals surface area (Å²) in [7, 11) is 3.59. The minimum atomic E-state index is 0.331. The van der Waals surface area contributed by atoms with E-state index in [0.29, 0.717) is 25.9 Å². The second-order valence-electron chi connectivity index (χ2n) is 3.87. The Hall–Kier alpha value is -0.910. The minimum absolute atomic E-state index is 0.331. The van der Waals surface area contributed by atoms with Gasteiger partial charge < -0.3 is 14.8 Å². The summed E-state index contributed by atoms with van der Waals surface area (Å²) >= 11 is 0. The van der Waals surface area contributed by atoms with Crippen LogP contribution in [0.2, 0.25) is 0 Å². The molecule has 16 heavy (non-hydrogen) atoms. The summed E-state index contributed by atoms with van der Waals surface area (Å²) in [5, 5.41) is 7.48. The Balaban J connectivity index is 2.08. The molecule has 1 N–H and O–H groups in total. The van der Waals surface area contributed by atoms with Gasteiger partial charge in [-0.15, -0.1) is 0 Å². The van der Waals surface area contributed by atoms with Crippen LogP contribution in [-0.2, 0) is 23.1 Å². The summed E-state index contributed by atoms with van der Waals surface area (Å²) < 4.78 is 12.1. The minimum Gasteiger partial charge on any atom is -0.382 e. The first-order valence-corrected chi connectivity index (χ1v) is 5.50. The summed E-state index contributed by atoms with van der Waals surface area (Å²) in [5.41, 5.74) is 1.19. The van der Waals surface area contributed by atoms with Gasteiger partial charge in [-0.05, 0) is 6.92 Å². The van der Waals surface area contributed by atoms with E-state index in [1.54, 1.807) is 11.8 Å². The zero-order valence-corrected chi connectivity index (χ0v) is 10.3. The van der Waals surface area contributed by atoms with Crippen LogP contribution in [0.4, 0.5) is 0 Å². The van der Waals surface area contributed by atoms with Crippen LogP contribution in [0.5, 0.6) is 0 Å². The normalized spacial score (nSPS) is 12.9. The number of hydrogen-bond donors (Lipinski definition) is 1. The van der Waals surface area contributed by atoms with Gasteiger partial charge in [0.05, 0.1) is 26.0 Å². The van der Waals surface area contributed by atoms with Gasteiger partial charge in [0, 0.05) is 38.5 Å². The molecule has 0 aliphatic carbocycles. The zero-order valence-electron chi connectivity index (χ0n) is 10.3. The Morgan fingerprint density at radius 3 is 2.94 bits per heavy atom.